The van der Waals surface area contributed by atoms with Crippen molar-refractivity contribution in [3.8, 4) is 0 Å². The summed E-state index contributed by atoms with van der Waals surface area (Å²) < 4.78 is 5.29. The highest BCUT2D eigenvalue weighted by atomic mass is 16.5. The maximum Gasteiger partial charge on any atom is 0.320 e. The van der Waals surface area contributed by atoms with Gasteiger partial charge in [-0.2, -0.15) is 0 Å². The van der Waals surface area contributed by atoms with Crippen LogP contribution in [0.2, 0.25) is 0 Å². The summed E-state index contributed by atoms with van der Waals surface area (Å²) in [5.74, 6) is 0.548. The Morgan fingerprint density at radius 3 is 2.78 bits per heavy atom. The molecule has 3 heteroatoms. The first kappa shape index (κ1) is 11.5. The van der Waals surface area contributed by atoms with E-state index in [1.165, 1.54) is 6.42 Å². The third-order valence-electron chi connectivity index (χ3n) is 3.74. The Hall–Kier alpha value is -1.61. The molecule has 3 rings (SSSR count). The normalized spacial score (nSPS) is 25.6. The predicted molar refractivity (Wildman–Crippen MR) is 68.8 cm³/mol. The molecule has 18 heavy (non-hydrogen) atoms. The zero-order chi connectivity index (χ0) is 12.4. The SMILES string of the molecule is O=C(CN1CC[C@H]2C=C[C@H]21)OCc1ccccc1. The number of rotatable bonds is 4. The van der Waals surface area contributed by atoms with Gasteiger partial charge in [0.25, 0.3) is 0 Å². The van der Waals surface area contributed by atoms with Gasteiger partial charge in [0, 0.05) is 6.04 Å². The molecule has 0 spiro atoms. The van der Waals surface area contributed by atoms with E-state index in [-0.39, 0.29) is 5.97 Å². The molecule has 1 aromatic carbocycles. The summed E-state index contributed by atoms with van der Waals surface area (Å²) in [6.45, 7) is 1.79. The molecule has 0 radical (unpaired) electrons. The molecule has 1 aliphatic carbocycles. The molecule has 0 unspecified atom stereocenters. The third kappa shape index (κ3) is 2.31. The van der Waals surface area contributed by atoms with Crippen molar-refractivity contribution in [2.45, 2.75) is 19.1 Å². The van der Waals surface area contributed by atoms with Crippen molar-refractivity contribution < 1.29 is 9.53 Å². The van der Waals surface area contributed by atoms with Gasteiger partial charge in [0.2, 0.25) is 0 Å². The molecule has 1 saturated heterocycles. The maximum absolute atomic E-state index is 11.8. The standard InChI is InChI=1S/C15H17NO2/c17-15(18-11-12-4-2-1-3-5-12)10-16-9-8-13-6-7-14(13)16/h1-7,13-14H,8-11H2/t13-,14-/m1/s1. The highest BCUT2D eigenvalue weighted by molar-refractivity contribution is 5.71. The number of carbonyl (C=O) groups is 1. The average molecular weight is 243 g/mol. The fraction of sp³-hybridized carbons (Fsp3) is 0.400. The summed E-state index contributed by atoms with van der Waals surface area (Å²) in [5, 5.41) is 0. The van der Waals surface area contributed by atoms with Gasteiger partial charge in [0.15, 0.2) is 0 Å². The summed E-state index contributed by atoms with van der Waals surface area (Å²) >= 11 is 0. The van der Waals surface area contributed by atoms with Crippen LogP contribution in [-0.4, -0.2) is 30.0 Å². The minimum atomic E-state index is -0.125. The van der Waals surface area contributed by atoms with E-state index >= 15 is 0 Å². The Bertz CT molecular complexity index is 455. The molecular weight excluding hydrogens is 226 g/mol. The van der Waals surface area contributed by atoms with Crippen LogP contribution in [0.4, 0.5) is 0 Å². The van der Waals surface area contributed by atoms with Gasteiger partial charge >= 0.3 is 5.97 Å². The van der Waals surface area contributed by atoms with Crippen LogP contribution in [0, 0.1) is 5.92 Å². The Morgan fingerprint density at radius 2 is 2.11 bits per heavy atom. The van der Waals surface area contributed by atoms with E-state index in [0.29, 0.717) is 25.1 Å². The first-order valence-electron chi connectivity index (χ1n) is 6.45. The van der Waals surface area contributed by atoms with Gasteiger partial charge < -0.3 is 4.74 Å². The van der Waals surface area contributed by atoms with Crippen molar-refractivity contribution >= 4 is 5.97 Å². The van der Waals surface area contributed by atoms with Crippen molar-refractivity contribution in [2.24, 2.45) is 5.92 Å². The Kier molecular flexibility index (Phi) is 3.15. The smallest absolute Gasteiger partial charge is 0.320 e. The number of hydrogen-bond donors (Lipinski definition) is 0. The molecule has 1 aliphatic heterocycles. The Balaban J connectivity index is 1.46. The van der Waals surface area contributed by atoms with Crippen molar-refractivity contribution in [3.05, 3.63) is 48.0 Å². The van der Waals surface area contributed by atoms with Crippen molar-refractivity contribution in [2.75, 3.05) is 13.1 Å². The zero-order valence-electron chi connectivity index (χ0n) is 10.3. The van der Waals surface area contributed by atoms with Crippen LogP contribution in [-0.2, 0) is 16.1 Å². The van der Waals surface area contributed by atoms with Gasteiger partial charge in [-0.05, 0) is 24.4 Å². The third-order valence-corrected chi connectivity index (χ3v) is 3.74. The van der Waals surface area contributed by atoms with E-state index < -0.39 is 0 Å². The molecule has 0 amide bonds. The number of fused-ring (bicyclic) bond motifs is 1. The number of benzene rings is 1. The van der Waals surface area contributed by atoms with E-state index in [1.807, 2.05) is 30.3 Å². The average Bonchev–Trinajstić information content (AvgIpc) is 2.62. The second kappa shape index (κ2) is 4.94. The van der Waals surface area contributed by atoms with E-state index in [9.17, 15) is 4.79 Å². The predicted octanol–water partition coefficient (Wildman–Crippen LogP) is 1.99. The monoisotopic (exact) mass is 243 g/mol. The Morgan fingerprint density at radius 1 is 1.28 bits per heavy atom. The van der Waals surface area contributed by atoms with Crippen LogP contribution in [0.3, 0.4) is 0 Å². The van der Waals surface area contributed by atoms with Crippen LogP contribution in [0.5, 0.6) is 0 Å². The van der Waals surface area contributed by atoms with E-state index in [2.05, 4.69) is 17.1 Å². The van der Waals surface area contributed by atoms with Crippen LogP contribution in [0.15, 0.2) is 42.5 Å². The fourth-order valence-corrected chi connectivity index (χ4v) is 2.63. The van der Waals surface area contributed by atoms with E-state index in [4.69, 9.17) is 4.74 Å². The quantitative estimate of drug-likeness (QED) is 0.598. The van der Waals surface area contributed by atoms with Gasteiger partial charge in [-0.25, -0.2) is 0 Å². The number of esters is 1. The van der Waals surface area contributed by atoms with Crippen LogP contribution < -0.4 is 0 Å². The summed E-state index contributed by atoms with van der Waals surface area (Å²) in [6, 6.07) is 10.3. The van der Waals surface area contributed by atoms with Crippen molar-refractivity contribution in [1.29, 1.82) is 0 Å². The first-order chi connectivity index (χ1) is 8.83. The molecular formula is C15H17NO2. The number of carbonyl (C=O) groups excluding carboxylic acids is 1. The highest BCUT2D eigenvalue weighted by Crippen LogP contribution is 2.33. The fourth-order valence-electron chi connectivity index (χ4n) is 2.63. The van der Waals surface area contributed by atoms with Gasteiger partial charge in [-0.1, -0.05) is 42.5 Å². The molecule has 1 fully saturated rings. The molecule has 1 aromatic rings. The van der Waals surface area contributed by atoms with Gasteiger partial charge in [-0.3, -0.25) is 9.69 Å². The molecule has 0 saturated carbocycles. The largest absolute Gasteiger partial charge is 0.460 e. The summed E-state index contributed by atoms with van der Waals surface area (Å²) in [7, 11) is 0. The zero-order valence-corrected chi connectivity index (χ0v) is 10.3. The van der Waals surface area contributed by atoms with Crippen LogP contribution >= 0.6 is 0 Å². The molecule has 0 bridgehead atoms. The lowest BCUT2D eigenvalue weighted by Gasteiger charge is -2.28. The Labute approximate surface area is 107 Å². The second-order valence-electron chi connectivity index (χ2n) is 4.94. The molecule has 2 aliphatic rings. The maximum atomic E-state index is 11.8. The highest BCUT2D eigenvalue weighted by Gasteiger charge is 2.36. The first-order valence-corrected chi connectivity index (χ1v) is 6.45. The molecule has 0 aromatic heterocycles. The number of ether oxygens (including phenoxy) is 1. The van der Waals surface area contributed by atoms with Crippen molar-refractivity contribution in [1.82, 2.24) is 4.90 Å². The minimum Gasteiger partial charge on any atom is -0.460 e. The number of likely N-dealkylation sites (tertiary alicyclic amines) is 1. The van der Waals surface area contributed by atoms with Gasteiger partial charge in [0.1, 0.15) is 6.61 Å². The minimum absolute atomic E-state index is 0.125. The lowest BCUT2D eigenvalue weighted by atomic mass is 9.90. The second-order valence-corrected chi connectivity index (χ2v) is 4.94. The summed E-state index contributed by atoms with van der Waals surface area (Å²) in [6.07, 6.45) is 5.59. The lowest BCUT2D eigenvalue weighted by Crippen LogP contribution is -2.38. The topological polar surface area (TPSA) is 29.5 Å². The summed E-state index contributed by atoms with van der Waals surface area (Å²) in [5.41, 5.74) is 1.04. The summed E-state index contributed by atoms with van der Waals surface area (Å²) in [4.78, 5) is 14.0. The molecule has 2 atom stereocenters. The van der Waals surface area contributed by atoms with Gasteiger partial charge in [0.05, 0.1) is 6.54 Å². The molecule has 3 nitrogen and oxygen atoms in total. The van der Waals surface area contributed by atoms with Crippen LogP contribution in [0.25, 0.3) is 0 Å². The number of hydrogen-bond acceptors (Lipinski definition) is 3. The van der Waals surface area contributed by atoms with E-state index in [0.717, 1.165) is 12.1 Å². The number of nitrogens with zero attached hydrogens (tertiary/aromatic N) is 1. The molecule has 0 N–H and O–H groups in total. The molecule has 1 heterocycles. The van der Waals surface area contributed by atoms with Crippen LogP contribution in [0.1, 0.15) is 12.0 Å². The van der Waals surface area contributed by atoms with E-state index in [1.54, 1.807) is 0 Å². The van der Waals surface area contributed by atoms with Gasteiger partial charge in [-0.15, -0.1) is 0 Å². The molecule has 94 valence electrons. The lowest BCUT2D eigenvalue weighted by molar-refractivity contribution is -0.146. The van der Waals surface area contributed by atoms with Crippen molar-refractivity contribution in [3.63, 3.8) is 0 Å².